The lowest BCUT2D eigenvalue weighted by atomic mass is 10.2. The van der Waals surface area contributed by atoms with Gasteiger partial charge in [-0.15, -0.1) is 0 Å². The summed E-state index contributed by atoms with van der Waals surface area (Å²) in [6.07, 6.45) is 0. The number of phenols is 1. The first kappa shape index (κ1) is 21.9. The van der Waals surface area contributed by atoms with Crippen molar-refractivity contribution in [2.45, 2.75) is 4.90 Å². The van der Waals surface area contributed by atoms with Crippen LogP contribution in [-0.2, 0) is 14.8 Å². The highest BCUT2D eigenvalue weighted by Crippen LogP contribution is 2.44. The lowest BCUT2D eigenvalue weighted by Gasteiger charge is -2.28. The SMILES string of the molecule is NC(=O)N(c1ccc(Cl)c(S(=O)(=O)N2CCOCC2)c1O)c1cccc(Cl)c1Cl. The van der Waals surface area contributed by atoms with E-state index < -0.39 is 26.7 Å². The van der Waals surface area contributed by atoms with Gasteiger partial charge in [-0.1, -0.05) is 40.9 Å². The van der Waals surface area contributed by atoms with Crippen molar-refractivity contribution in [1.29, 1.82) is 0 Å². The van der Waals surface area contributed by atoms with Crippen molar-refractivity contribution in [3.05, 3.63) is 45.4 Å². The number of amides is 2. The quantitative estimate of drug-likeness (QED) is 0.694. The van der Waals surface area contributed by atoms with Crippen LogP contribution in [0.15, 0.2) is 35.2 Å². The summed E-state index contributed by atoms with van der Waals surface area (Å²) in [6.45, 7) is 0.621. The van der Waals surface area contributed by atoms with Gasteiger partial charge in [0, 0.05) is 13.1 Å². The number of rotatable bonds is 4. The maximum atomic E-state index is 13.1. The summed E-state index contributed by atoms with van der Waals surface area (Å²) in [5, 5.41) is 10.8. The lowest BCUT2D eigenvalue weighted by Crippen LogP contribution is -2.40. The molecule has 29 heavy (non-hydrogen) atoms. The molecule has 156 valence electrons. The van der Waals surface area contributed by atoms with Gasteiger partial charge in [-0.2, -0.15) is 4.31 Å². The Balaban J connectivity index is 2.19. The number of nitrogens with zero attached hydrogens (tertiary/aromatic N) is 2. The third kappa shape index (κ3) is 4.11. The predicted octanol–water partition coefficient (Wildman–Crippen LogP) is 3.59. The average molecular weight is 481 g/mol. The lowest BCUT2D eigenvalue weighted by molar-refractivity contribution is 0.0729. The van der Waals surface area contributed by atoms with E-state index in [1.807, 2.05) is 0 Å². The van der Waals surface area contributed by atoms with Crippen LogP contribution in [0.4, 0.5) is 16.2 Å². The zero-order valence-electron chi connectivity index (χ0n) is 14.8. The van der Waals surface area contributed by atoms with Crippen LogP contribution >= 0.6 is 34.8 Å². The number of hydrogen-bond acceptors (Lipinski definition) is 5. The molecule has 1 aliphatic heterocycles. The first-order chi connectivity index (χ1) is 13.7. The zero-order chi connectivity index (χ0) is 21.3. The highest BCUT2D eigenvalue weighted by molar-refractivity contribution is 7.89. The van der Waals surface area contributed by atoms with Crippen molar-refractivity contribution < 1.29 is 23.1 Å². The number of phenolic OH excluding ortho intramolecular Hbond substituents is 1. The summed E-state index contributed by atoms with van der Waals surface area (Å²) in [5.41, 5.74) is 5.35. The largest absolute Gasteiger partial charge is 0.504 e. The third-order valence-corrected chi connectivity index (χ3v) is 7.47. The van der Waals surface area contributed by atoms with Crippen LogP contribution in [0.1, 0.15) is 0 Å². The second-order valence-corrected chi connectivity index (χ2v) is 9.07. The van der Waals surface area contributed by atoms with Crippen molar-refractivity contribution in [3.63, 3.8) is 0 Å². The minimum absolute atomic E-state index is 0.0000897. The summed E-state index contributed by atoms with van der Waals surface area (Å²) in [5.74, 6) is -0.737. The normalized spacial score (nSPS) is 15.3. The van der Waals surface area contributed by atoms with Crippen LogP contribution in [0.3, 0.4) is 0 Å². The van der Waals surface area contributed by atoms with Gasteiger partial charge < -0.3 is 15.6 Å². The first-order valence-corrected chi connectivity index (χ1v) is 10.9. The Bertz CT molecular complexity index is 1060. The Morgan fingerprint density at radius 3 is 2.34 bits per heavy atom. The number of nitrogens with two attached hydrogens (primary N) is 1. The number of hydrogen-bond donors (Lipinski definition) is 2. The molecule has 1 heterocycles. The zero-order valence-corrected chi connectivity index (χ0v) is 17.9. The number of carbonyl (C=O) groups is 1. The first-order valence-electron chi connectivity index (χ1n) is 8.29. The molecule has 0 saturated carbocycles. The monoisotopic (exact) mass is 479 g/mol. The molecule has 0 spiro atoms. The minimum Gasteiger partial charge on any atom is -0.504 e. The second kappa shape index (κ2) is 8.55. The Morgan fingerprint density at radius 2 is 1.72 bits per heavy atom. The molecule has 3 N–H and O–H groups in total. The molecular formula is C17H16Cl3N3O5S. The minimum atomic E-state index is -4.17. The maximum absolute atomic E-state index is 13.1. The molecule has 12 heteroatoms. The van der Waals surface area contributed by atoms with E-state index in [-0.39, 0.29) is 52.7 Å². The molecule has 2 aromatic carbocycles. The van der Waals surface area contributed by atoms with Gasteiger partial charge in [-0.3, -0.25) is 4.90 Å². The van der Waals surface area contributed by atoms with Crippen LogP contribution in [0, 0.1) is 0 Å². The van der Waals surface area contributed by atoms with Gasteiger partial charge in [-0.25, -0.2) is 13.2 Å². The van der Waals surface area contributed by atoms with Gasteiger partial charge in [0.1, 0.15) is 4.90 Å². The molecule has 0 atom stereocenters. The number of carbonyl (C=O) groups excluding carboxylic acids is 1. The molecule has 0 unspecified atom stereocenters. The van der Waals surface area contributed by atoms with E-state index in [0.29, 0.717) is 0 Å². The van der Waals surface area contributed by atoms with Gasteiger partial charge in [-0.05, 0) is 24.3 Å². The number of benzene rings is 2. The molecule has 0 bridgehead atoms. The van der Waals surface area contributed by atoms with E-state index in [2.05, 4.69) is 0 Å². The summed E-state index contributed by atoms with van der Waals surface area (Å²) in [7, 11) is -4.17. The summed E-state index contributed by atoms with van der Waals surface area (Å²) in [4.78, 5) is 12.5. The maximum Gasteiger partial charge on any atom is 0.324 e. The Kier molecular flexibility index (Phi) is 6.47. The molecular weight excluding hydrogens is 465 g/mol. The van der Waals surface area contributed by atoms with E-state index in [4.69, 9.17) is 45.3 Å². The number of primary amides is 1. The summed E-state index contributed by atoms with van der Waals surface area (Å²) < 4.78 is 32.5. The Labute approximate surface area is 182 Å². The Morgan fingerprint density at radius 1 is 1.07 bits per heavy atom. The molecule has 0 aromatic heterocycles. The molecule has 0 radical (unpaired) electrons. The van der Waals surface area contributed by atoms with Crippen molar-refractivity contribution >= 4 is 62.2 Å². The van der Waals surface area contributed by atoms with E-state index in [9.17, 15) is 18.3 Å². The molecule has 8 nitrogen and oxygen atoms in total. The summed E-state index contributed by atoms with van der Waals surface area (Å²) >= 11 is 18.3. The van der Waals surface area contributed by atoms with Crippen LogP contribution in [0.25, 0.3) is 0 Å². The Hall–Kier alpha value is -1.75. The van der Waals surface area contributed by atoms with Crippen molar-refractivity contribution in [2.24, 2.45) is 5.73 Å². The second-order valence-electron chi connectivity index (χ2n) is 6.01. The molecule has 2 aromatic rings. The third-order valence-electron chi connectivity index (χ3n) is 4.26. The molecule has 1 aliphatic rings. The van der Waals surface area contributed by atoms with E-state index in [1.165, 1.54) is 30.3 Å². The number of sulfonamides is 1. The van der Waals surface area contributed by atoms with Gasteiger partial charge in [0.15, 0.2) is 5.75 Å². The standard InChI is InChI=1S/C17H16Cl3N3O5S/c18-10-2-1-3-12(14(10)20)23(17(21)25)13-5-4-11(19)16(15(13)24)29(26,27)22-6-8-28-9-7-22/h1-5,24H,6-9H2,(H2,21,25). The molecule has 1 saturated heterocycles. The molecule has 3 rings (SSSR count). The average Bonchev–Trinajstić information content (AvgIpc) is 2.67. The van der Waals surface area contributed by atoms with E-state index >= 15 is 0 Å². The number of ether oxygens (including phenoxy) is 1. The molecule has 0 aliphatic carbocycles. The number of anilines is 2. The van der Waals surface area contributed by atoms with Crippen molar-refractivity contribution in [1.82, 2.24) is 4.31 Å². The molecule has 1 fully saturated rings. The van der Waals surface area contributed by atoms with E-state index in [1.54, 1.807) is 0 Å². The van der Waals surface area contributed by atoms with Gasteiger partial charge in [0.05, 0.1) is 39.7 Å². The van der Waals surface area contributed by atoms with Crippen molar-refractivity contribution in [3.8, 4) is 5.75 Å². The number of aromatic hydroxyl groups is 1. The topological polar surface area (TPSA) is 113 Å². The van der Waals surface area contributed by atoms with E-state index in [0.717, 1.165) is 9.21 Å². The van der Waals surface area contributed by atoms with Gasteiger partial charge in [0.25, 0.3) is 0 Å². The van der Waals surface area contributed by atoms with Gasteiger partial charge in [0.2, 0.25) is 10.0 Å². The fourth-order valence-corrected chi connectivity index (χ4v) is 5.29. The fourth-order valence-electron chi connectivity index (χ4n) is 2.91. The molecule has 2 amide bonds. The van der Waals surface area contributed by atoms with Crippen LogP contribution in [0.5, 0.6) is 5.75 Å². The predicted molar refractivity (Wildman–Crippen MR) is 111 cm³/mol. The van der Waals surface area contributed by atoms with Crippen molar-refractivity contribution in [2.75, 3.05) is 31.2 Å². The highest BCUT2D eigenvalue weighted by atomic mass is 35.5. The fraction of sp³-hybridized carbons (Fsp3) is 0.235. The van der Waals surface area contributed by atoms with Crippen LogP contribution in [0.2, 0.25) is 15.1 Å². The van der Waals surface area contributed by atoms with Crippen LogP contribution in [-0.4, -0.2) is 50.2 Å². The smallest absolute Gasteiger partial charge is 0.324 e. The number of urea groups is 1. The number of halogens is 3. The van der Waals surface area contributed by atoms with Crippen LogP contribution < -0.4 is 10.6 Å². The number of morpholine rings is 1. The summed E-state index contributed by atoms with van der Waals surface area (Å²) in [6, 6.07) is 5.97. The van der Waals surface area contributed by atoms with Gasteiger partial charge >= 0.3 is 6.03 Å². The highest BCUT2D eigenvalue weighted by Gasteiger charge is 2.34.